The predicted molar refractivity (Wildman–Crippen MR) is 168 cm³/mol. The van der Waals surface area contributed by atoms with Crippen LogP contribution in [0.5, 0.6) is 28.7 Å². The molecule has 0 saturated carbocycles. The number of cyclic esters (lactones) is 1. The number of aromatic amines is 1. The van der Waals surface area contributed by atoms with Crippen LogP contribution in [0.4, 0.5) is 4.39 Å². The fraction of sp³-hybridized carbons (Fsp3) is 0.438. The number of halogens is 1. The van der Waals surface area contributed by atoms with Crippen LogP contribution in [0.15, 0.2) is 40.1 Å². The number of phenolic OH excluding ortho intramolecular Hbond substituents is 1. The molecule has 1 fully saturated rings. The van der Waals surface area contributed by atoms with Crippen molar-refractivity contribution in [2.45, 2.75) is 31.0 Å². The molecule has 3 aliphatic rings. The Bertz CT molecular complexity index is 1820. The lowest BCUT2D eigenvalue weighted by molar-refractivity contribution is -0.146. The Labute approximate surface area is 277 Å². The van der Waals surface area contributed by atoms with Crippen molar-refractivity contribution in [3.8, 4) is 28.7 Å². The number of ether oxygens (including phenoxy) is 6. The number of aromatic nitrogens is 2. The number of aryl methyl sites for hydroxylation is 1. The first-order valence-corrected chi connectivity index (χ1v) is 16.5. The highest BCUT2D eigenvalue weighted by atomic mass is 32.2. The summed E-state index contributed by atoms with van der Waals surface area (Å²) < 4.78 is 48.1. The van der Waals surface area contributed by atoms with Gasteiger partial charge in [-0.05, 0) is 53.6 Å². The molecule has 1 saturated heterocycles. The zero-order valence-corrected chi connectivity index (χ0v) is 27.1. The number of benzene rings is 2. The largest absolute Gasteiger partial charge is 0.502 e. The molecular formula is C32H34FN3O11S. The Morgan fingerprint density at radius 3 is 2.46 bits per heavy atom. The molecule has 3 heterocycles. The Balaban J connectivity index is 1.30. The van der Waals surface area contributed by atoms with Crippen LogP contribution in [0.3, 0.4) is 0 Å². The molecule has 0 bridgehead atoms. The summed E-state index contributed by atoms with van der Waals surface area (Å²) in [4.78, 5) is 52.1. The number of hydrogen-bond acceptors (Lipinski definition) is 13. The second kappa shape index (κ2) is 13.8. The van der Waals surface area contributed by atoms with Gasteiger partial charge in [0.1, 0.15) is 6.04 Å². The van der Waals surface area contributed by atoms with Gasteiger partial charge >= 0.3 is 17.6 Å². The van der Waals surface area contributed by atoms with Gasteiger partial charge in [0.25, 0.3) is 5.56 Å². The summed E-state index contributed by atoms with van der Waals surface area (Å²) in [6.07, 6.45) is 2.85. The molecule has 2 aliphatic heterocycles. The van der Waals surface area contributed by atoms with Gasteiger partial charge in [0.2, 0.25) is 18.4 Å². The van der Waals surface area contributed by atoms with Crippen molar-refractivity contribution < 1.29 is 47.5 Å². The van der Waals surface area contributed by atoms with Crippen molar-refractivity contribution in [1.82, 2.24) is 14.9 Å². The number of rotatable bonds is 12. The fourth-order valence-corrected chi connectivity index (χ4v) is 7.16. The van der Waals surface area contributed by atoms with Crippen LogP contribution >= 0.6 is 11.8 Å². The number of nitrogens with zero attached hydrogens (tertiary/aromatic N) is 1. The van der Waals surface area contributed by atoms with E-state index in [0.29, 0.717) is 22.8 Å². The van der Waals surface area contributed by atoms with E-state index in [1.54, 1.807) is 12.1 Å². The number of fused-ring (bicyclic) bond motifs is 3. The molecule has 14 nitrogen and oxygen atoms in total. The van der Waals surface area contributed by atoms with Crippen LogP contribution < -0.4 is 35.5 Å². The van der Waals surface area contributed by atoms with Crippen LogP contribution in [0, 0.1) is 17.7 Å². The van der Waals surface area contributed by atoms with Crippen molar-refractivity contribution in [3.63, 3.8) is 0 Å². The Morgan fingerprint density at radius 1 is 1.10 bits per heavy atom. The molecule has 2 aromatic carbocycles. The maximum absolute atomic E-state index is 13.6. The first-order valence-electron chi connectivity index (χ1n) is 15.1. The summed E-state index contributed by atoms with van der Waals surface area (Å²) in [5.41, 5.74) is 0.287. The van der Waals surface area contributed by atoms with Crippen LogP contribution in [0.1, 0.15) is 35.1 Å². The molecule has 16 heteroatoms. The molecule has 1 aliphatic carbocycles. The highest BCUT2D eigenvalue weighted by Gasteiger charge is 2.53. The van der Waals surface area contributed by atoms with E-state index in [-0.39, 0.29) is 50.2 Å². The van der Waals surface area contributed by atoms with Crippen molar-refractivity contribution in [2.75, 3.05) is 46.2 Å². The molecule has 256 valence electrons. The minimum Gasteiger partial charge on any atom is -0.502 e. The van der Waals surface area contributed by atoms with Crippen molar-refractivity contribution >= 4 is 23.7 Å². The van der Waals surface area contributed by atoms with E-state index in [0.717, 1.165) is 21.9 Å². The standard InChI is InChI=1S/C32H34FN3O11S/c1-42-23-7-15(8-24(43-2)28(23)37)25-16-9-21-22(47-14-46-21)10-17(16)27(18-12-45-31(40)26(18)25)34-20(13-48-3)30(39)44-6-4-5-36-11-19(33)29(38)35-32(36)41/h7-11,18,20,25-27,34,37H,4-6,12-14H2,1-3H3,(H,35,38,41)/t18-,20?,25+,26-,27+/m0/s1. The third kappa shape index (κ3) is 6.17. The second-order valence-electron chi connectivity index (χ2n) is 11.5. The number of carbonyl (C=O) groups is 2. The van der Waals surface area contributed by atoms with E-state index in [2.05, 4.69) is 5.32 Å². The summed E-state index contributed by atoms with van der Waals surface area (Å²) in [6.45, 7) is 0.0548. The number of carbonyl (C=O) groups excluding carboxylic acids is 2. The van der Waals surface area contributed by atoms with Gasteiger partial charge in [-0.3, -0.25) is 29.3 Å². The molecule has 0 radical (unpaired) electrons. The number of esters is 2. The molecule has 0 amide bonds. The zero-order chi connectivity index (χ0) is 34.1. The second-order valence-corrected chi connectivity index (χ2v) is 12.4. The number of aromatic hydroxyl groups is 1. The quantitative estimate of drug-likeness (QED) is 0.187. The van der Waals surface area contributed by atoms with E-state index in [1.165, 1.54) is 26.0 Å². The third-order valence-electron chi connectivity index (χ3n) is 8.80. The molecule has 1 aromatic heterocycles. The molecule has 3 N–H and O–H groups in total. The van der Waals surface area contributed by atoms with Crippen LogP contribution in [0.2, 0.25) is 0 Å². The topological polar surface area (TPSA) is 177 Å². The highest BCUT2D eigenvalue weighted by molar-refractivity contribution is 7.98. The van der Waals surface area contributed by atoms with Gasteiger partial charge in [-0.2, -0.15) is 16.2 Å². The van der Waals surface area contributed by atoms with E-state index >= 15 is 0 Å². The molecule has 5 atom stereocenters. The first-order chi connectivity index (χ1) is 23.1. The van der Waals surface area contributed by atoms with Crippen molar-refractivity contribution in [2.24, 2.45) is 11.8 Å². The molecule has 3 aromatic rings. The molecule has 0 spiro atoms. The lowest BCUT2D eigenvalue weighted by Crippen LogP contribution is -2.48. The van der Waals surface area contributed by atoms with E-state index in [9.17, 15) is 28.7 Å². The van der Waals surface area contributed by atoms with Gasteiger partial charge in [0.05, 0.1) is 39.5 Å². The summed E-state index contributed by atoms with van der Waals surface area (Å²) in [5.74, 6) is -2.18. The summed E-state index contributed by atoms with van der Waals surface area (Å²) in [5, 5.41) is 14.1. The summed E-state index contributed by atoms with van der Waals surface area (Å²) in [7, 11) is 2.85. The maximum Gasteiger partial charge on any atom is 0.328 e. The Kier molecular flexibility index (Phi) is 9.55. The van der Waals surface area contributed by atoms with Crippen molar-refractivity contribution in [3.05, 3.63) is 73.8 Å². The number of nitrogens with one attached hydrogen (secondary N) is 2. The minimum absolute atomic E-state index is 0.0149. The lowest BCUT2D eigenvalue weighted by Gasteiger charge is -2.40. The third-order valence-corrected chi connectivity index (χ3v) is 9.47. The maximum atomic E-state index is 13.6. The predicted octanol–water partition coefficient (Wildman–Crippen LogP) is 2.06. The van der Waals surface area contributed by atoms with Gasteiger partial charge in [-0.25, -0.2) is 4.79 Å². The average molecular weight is 688 g/mol. The van der Waals surface area contributed by atoms with E-state index in [1.807, 2.05) is 23.4 Å². The van der Waals surface area contributed by atoms with E-state index in [4.69, 9.17) is 28.4 Å². The highest BCUT2D eigenvalue weighted by Crippen LogP contribution is 2.55. The van der Waals surface area contributed by atoms with Crippen molar-refractivity contribution in [1.29, 1.82) is 0 Å². The van der Waals surface area contributed by atoms with Gasteiger partial charge in [0.15, 0.2) is 23.0 Å². The molecule has 48 heavy (non-hydrogen) atoms. The smallest absolute Gasteiger partial charge is 0.328 e. The van der Waals surface area contributed by atoms with E-state index < -0.39 is 58.8 Å². The number of thioether (sulfide) groups is 1. The lowest BCUT2D eigenvalue weighted by atomic mass is 9.65. The summed E-state index contributed by atoms with van der Waals surface area (Å²) in [6, 6.07) is 5.65. The number of methoxy groups -OCH3 is 2. The Hall–Kier alpha value is -4.70. The first kappa shape index (κ1) is 33.2. The normalized spacial score (nSPS) is 21.2. The average Bonchev–Trinajstić information content (AvgIpc) is 3.70. The number of H-pyrrole nitrogens is 1. The molecule has 6 rings (SSSR count). The van der Waals surface area contributed by atoms with Crippen LogP contribution in [-0.4, -0.2) is 78.9 Å². The van der Waals surface area contributed by atoms with Gasteiger partial charge < -0.3 is 33.5 Å². The van der Waals surface area contributed by atoms with Gasteiger partial charge in [-0.15, -0.1) is 0 Å². The minimum atomic E-state index is -1.10. The monoisotopic (exact) mass is 687 g/mol. The Morgan fingerprint density at radius 2 is 1.79 bits per heavy atom. The summed E-state index contributed by atoms with van der Waals surface area (Å²) >= 11 is 1.42. The van der Waals surface area contributed by atoms with Crippen LogP contribution in [0.25, 0.3) is 0 Å². The number of phenols is 1. The SMILES string of the molecule is COc1cc([C@@H]2c3cc4c(cc3[C@@H](NC(CSC)C(=O)OCCCn3cc(F)c(=O)[nH]c3=O)[C@H]3COC(=O)[C@H]23)OCO4)cc(OC)c1O. The van der Waals surface area contributed by atoms with Gasteiger partial charge in [-0.1, -0.05) is 0 Å². The molecule has 1 unspecified atom stereocenters. The number of hydrogen-bond donors (Lipinski definition) is 3. The van der Waals surface area contributed by atoms with Gasteiger partial charge in [0, 0.05) is 30.2 Å². The fourth-order valence-electron chi connectivity index (χ4n) is 6.59. The molecular weight excluding hydrogens is 653 g/mol. The zero-order valence-electron chi connectivity index (χ0n) is 26.3. The van der Waals surface area contributed by atoms with Crippen LogP contribution in [-0.2, 0) is 25.6 Å².